The summed E-state index contributed by atoms with van der Waals surface area (Å²) < 4.78 is 112. The lowest BCUT2D eigenvalue weighted by molar-refractivity contribution is -0.397. The maximum absolute atomic E-state index is 13.2. The molecule has 1 fully saturated rings. The van der Waals surface area contributed by atoms with Crippen molar-refractivity contribution in [1.82, 2.24) is 0 Å². The molecule has 0 spiro atoms. The molecule has 0 amide bonds. The molecular weight excluding hydrogens is 332 g/mol. The molecule has 132 valence electrons. The Morgan fingerprint density at radius 3 is 2.00 bits per heavy atom. The fourth-order valence-electron chi connectivity index (χ4n) is 1.76. The summed E-state index contributed by atoms with van der Waals surface area (Å²) >= 11 is 0. The molecule has 2 unspecified atom stereocenters. The SMILES string of the molecule is CCC(F)(F)OC1CC(F)(F)C1OC(F)(F)CC(F)(F)CO. The van der Waals surface area contributed by atoms with Crippen LogP contribution in [0, 0.1) is 0 Å². The standard InChI is InChI=1S/C11H14F8O3/c1-2-10(16,17)21-6-3-9(14,15)7(6)22-11(18,19)4-8(12,13)5-20/h6-7,20H,2-5H2,1H3. The molecule has 1 aliphatic carbocycles. The highest BCUT2D eigenvalue weighted by Crippen LogP contribution is 2.47. The Bertz CT molecular complexity index is 388. The minimum Gasteiger partial charge on any atom is -0.390 e. The smallest absolute Gasteiger partial charge is 0.362 e. The van der Waals surface area contributed by atoms with Crippen LogP contribution < -0.4 is 0 Å². The van der Waals surface area contributed by atoms with Crippen LogP contribution in [-0.2, 0) is 9.47 Å². The molecule has 1 N–H and O–H groups in total. The minimum absolute atomic E-state index is 0.888. The zero-order valence-corrected chi connectivity index (χ0v) is 11.3. The molecule has 0 aromatic heterocycles. The van der Waals surface area contributed by atoms with Crippen LogP contribution in [0.15, 0.2) is 0 Å². The summed E-state index contributed by atoms with van der Waals surface area (Å²) in [5.41, 5.74) is 0. The van der Waals surface area contributed by atoms with Gasteiger partial charge in [-0.15, -0.1) is 0 Å². The summed E-state index contributed by atoms with van der Waals surface area (Å²) in [6.07, 6.45) is -18.0. The van der Waals surface area contributed by atoms with E-state index in [-0.39, 0.29) is 0 Å². The molecule has 11 heteroatoms. The van der Waals surface area contributed by atoms with Crippen LogP contribution in [0.2, 0.25) is 0 Å². The second-order valence-corrected chi connectivity index (χ2v) is 4.98. The van der Waals surface area contributed by atoms with E-state index in [0.717, 1.165) is 6.92 Å². The Labute approximate surface area is 120 Å². The van der Waals surface area contributed by atoms with E-state index in [2.05, 4.69) is 9.47 Å². The van der Waals surface area contributed by atoms with Crippen molar-refractivity contribution in [2.45, 2.75) is 62.5 Å². The molecule has 0 aliphatic heterocycles. The Balaban J connectivity index is 2.75. The van der Waals surface area contributed by atoms with Crippen LogP contribution in [-0.4, -0.2) is 48.0 Å². The number of halogens is 8. The molecule has 0 aromatic carbocycles. The molecule has 3 nitrogen and oxygen atoms in total. The van der Waals surface area contributed by atoms with Gasteiger partial charge in [0, 0.05) is 12.8 Å². The highest BCUT2D eigenvalue weighted by Gasteiger charge is 2.63. The van der Waals surface area contributed by atoms with E-state index >= 15 is 0 Å². The molecule has 1 saturated carbocycles. The first-order chi connectivity index (χ1) is 9.74. The fraction of sp³-hybridized carbons (Fsp3) is 1.00. The number of alkyl halides is 8. The average Bonchev–Trinajstić information content (AvgIpc) is 2.34. The zero-order valence-electron chi connectivity index (χ0n) is 11.3. The summed E-state index contributed by atoms with van der Waals surface area (Å²) in [5.74, 6) is -8.18. The van der Waals surface area contributed by atoms with Crippen molar-refractivity contribution in [3.8, 4) is 0 Å². The monoisotopic (exact) mass is 346 g/mol. The highest BCUT2D eigenvalue weighted by molar-refractivity contribution is 5.00. The van der Waals surface area contributed by atoms with Crippen molar-refractivity contribution in [2.24, 2.45) is 0 Å². The van der Waals surface area contributed by atoms with E-state index < -0.39 is 62.1 Å². The van der Waals surface area contributed by atoms with Gasteiger partial charge in [0.2, 0.25) is 0 Å². The van der Waals surface area contributed by atoms with E-state index in [1.165, 1.54) is 0 Å². The summed E-state index contributed by atoms with van der Waals surface area (Å²) in [4.78, 5) is 0. The molecule has 0 saturated heterocycles. The molecule has 0 radical (unpaired) electrons. The number of ether oxygens (including phenoxy) is 2. The van der Waals surface area contributed by atoms with Gasteiger partial charge in [-0.2, -0.15) is 17.6 Å². The van der Waals surface area contributed by atoms with Gasteiger partial charge in [0.05, 0.1) is 0 Å². The Hall–Kier alpha value is -0.680. The van der Waals surface area contributed by atoms with Gasteiger partial charge in [-0.25, -0.2) is 17.6 Å². The highest BCUT2D eigenvalue weighted by atomic mass is 19.3. The van der Waals surface area contributed by atoms with Crippen LogP contribution in [0.3, 0.4) is 0 Å². The van der Waals surface area contributed by atoms with Gasteiger partial charge in [0.1, 0.15) is 19.1 Å². The zero-order chi connectivity index (χ0) is 17.4. The lowest BCUT2D eigenvalue weighted by Crippen LogP contribution is -2.62. The van der Waals surface area contributed by atoms with Crippen LogP contribution >= 0.6 is 0 Å². The molecule has 0 bridgehead atoms. The van der Waals surface area contributed by atoms with Crippen molar-refractivity contribution in [1.29, 1.82) is 0 Å². The number of rotatable bonds is 8. The van der Waals surface area contributed by atoms with E-state index in [0.29, 0.717) is 0 Å². The van der Waals surface area contributed by atoms with E-state index in [1.807, 2.05) is 0 Å². The third-order valence-corrected chi connectivity index (χ3v) is 2.96. The summed E-state index contributed by atoms with van der Waals surface area (Å²) in [6, 6.07) is 0. The van der Waals surface area contributed by atoms with Crippen molar-refractivity contribution in [3.63, 3.8) is 0 Å². The normalized spacial score (nSPS) is 25.9. The van der Waals surface area contributed by atoms with Gasteiger partial charge in [-0.1, -0.05) is 6.92 Å². The molecule has 0 aromatic rings. The average molecular weight is 346 g/mol. The first-order valence-corrected chi connectivity index (χ1v) is 6.21. The Morgan fingerprint density at radius 2 is 1.59 bits per heavy atom. The van der Waals surface area contributed by atoms with Crippen molar-refractivity contribution < 1.29 is 49.7 Å². The molecular formula is C11H14F8O3. The number of hydrogen-bond donors (Lipinski definition) is 1. The number of aliphatic hydroxyl groups excluding tert-OH is 1. The summed E-state index contributed by atoms with van der Waals surface area (Å²) in [5, 5.41) is 8.19. The van der Waals surface area contributed by atoms with Gasteiger partial charge in [0.25, 0.3) is 11.8 Å². The Kier molecular flexibility index (Phi) is 5.35. The molecule has 2 atom stereocenters. The lowest BCUT2D eigenvalue weighted by Gasteiger charge is -2.45. The minimum atomic E-state index is -4.75. The molecule has 1 rings (SSSR count). The van der Waals surface area contributed by atoms with E-state index in [9.17, 15) is 35.1 Å². The van der Waals surface area contributed by atoms with E-state index in [4.69, 9.17) is 5.11 Å². The third kappa shape index (κ3) is 4.92. The maximum atomic E-state index is 13.2. The van der Waals surface area contributed by atoms with Crippen LogP contribution in [0.4, 0.5) is 35.1 Å². The topological polar surface area (TPSA) is 38.7 Å². The van der Waals surface area contributed by atoms with Gasteiger partial charge in [0.15, 0.2) is 6.10 Å². The van der Waals surface area contributed by atoms with Crippen molar-refractivity contribution in [3.05, 3.63) is 0 Å². The van der Waals surface area contributed by atoms with Gasteiger partial charge in [-0.3, -0.25) is 0 Å². The second kappa shape index (κ2) is 6.08. The van der Waals surface area contributed by atoms with Gasteiger partial charge in [-0.05, 0) is 0 Å². The molecule has 0 heterocycles. The predicted octanol–water partition coefficient (Wildman–Crippen LogP) is 3.41. The summed E-state index contributed by atoms with van der Waals surface area (Å²) in [7, 11) is 0. The second-order valence-electron chi connectivity index (χ2n) is 4.98. The first kappa shape index (κ1) is 19.4. The van der Waals surface area contributed by atoms with Gasteiger partial charge < -0.3 is 14.6 Å². The predicted molar refractivity (Wildman–Crippen MR) is 56.1 cm³/mol. The molecule has 1 aliphatic rings. The molecule has 22 heavy (non-hydrogen) atoms. The van der Waals surface area contributed by atoms with Crippen LogP contribution in [0.1, 0.15) is 26.2 Å². The fourth-order valence-corrected chi connectivity index (χ4v) is 1.76. The number of aliphatic hydroxyl groups is 1. The number of hydrogen-bond acceptors (Lipinski definition) is 3. The maximum Gasteiger partial charge on any atom is 0.362 e. The van der Waals surface area contributed by atoms with Crippen LogP contribution in [0.5, 0.6) is 0 Å². The van der Waals surface area contributed by atoms with Crippen molar-refractivity contribution in [2.75, 3.05) is 6.61 Å². The lowest BCUT2D eigenvalue weighted by atomic mass is 9.86. The third-order valence-electron chi connectivity index (χ3n) is 2.96. The summed E-state index contributed by atoms with van der Waals surface area (Å²) in [6.45, 7) is -0.968. The first-order valence-electron chi connectivity index (χ1n) is 6.21. The van der Waals surface area contributed by atoms with E-state index in [1.54, 1.807) is 0 Å². The Morgan fingerprint density at radius 1 is 1.05 bits per heavy atom. The quantitative estimate of drug-likeness (QED) is 0.685. The van der Waals surface area contributed by atoms with Crippen LogP contribution in [0.25, 0.3) is 0 Å². The van der Waals surface area contributed by atoms with Crippen molar-refractivity contribution >= 4 is 0 Å². The van der Waals surface area contributed by atoms with Gasteiger partial charge >= 0.3 is 12.2 Å². The largest absolute Gasteiger partial charge is 0.390 e.